The smallest absolute Gasteiger partial charge is 0.154 e. The number of nitrogens with zero attached hydrogens (tertiary/aromatic N) is 3. The third-order valence-electron chi connectivity index (χ3n) is 4.76. The van der Waals surface area contributed by atoms with E-state index in [4.69, 9.17) is 4.74 Å². The molecule has 0 amide bonds. The summed E-state index contributed by atoms with van der Waals surface area (Å²) in [6.07, 6.45) is 2.82. The van der Waals surface area contributed by atoms with Crippen LogP contribution in [0.25, 0.3) is 0 Å². The van der Waals surface area contributed by atoms with Crippen molar-refractivity contribution in [2.75, 3.05) is 37.8 Å². The van der Waals surface area contributed by atoms with Crippen LogP contribution in [0.1, 0.15) is 17.5 Å². The Labute approximate surface area is 113 Å². The van der Waals surface area contributed by atoms with Crippen molar-refractivity contribution in [3.63, 3.8) is 0 Å². The van der Waals surface area contributed by atoms with Gasteiger partial charge >= 0.3 is 0 Å². The van der Waals surface area contributed by atoms with E-state index in [0.717, 1.165) is 37.5 Å². The summed E-state index contributed by atoms with van der Waals surface area (Å²) in [5.74, 6) is 1.45. The van der Waals surface area contributed by atoms with Gasteiger partial charge in [-0.1, -0.05) is 0 Å². The molecule has 0 bridgehead atoms. The second-order valence-electron chi connectivity index (χ2n) is 5.92. The van der Waals surface area contributed by atoms with Gasteiger partial charge in [0.15, 0.2) is 5.82 Å². The molecule has 3 heterocycles. The second kappa shape index (κ2) is 4.72. The lowest BCUT2D eigenvalue weighted by atomic mass is 9.76. The molecule has 5 heteroatoms. The molecule has 2 atom stereocenters. The number of aliphatic hydroxyl groups is 1. The highest BCUT2D eigenvalue weighted by Crippen LogP contribution is 2.42. The molecule has 2 fully saturated rings. The molecule has 1 N–H and O–H groups in total. The highest BCUT2D eigenvalue weighted by Gasteiger charge is 2.48. The van der Waals surface area contributed by atoms with Crippen LogP contribution in [-0.2, 0) is 4.74 Å². The van der Waals surface area contributed by atoms with Crippen molar-refractivity contribution in [2.45, 2.75) is 20.3 Å². The Bertz CT molecular complexity index is 480. The molecule has 2 saturated heterocycles. The average molecular weight is 263 g/mol. The number of aliphatic hydroxyl groups excluding tert-OH is 1. The molecule has 0 radical (unpaired) electrons. The molecule has 2 aliphatic rings. The summed E-state index contributed by atoms with van der Waals surface area (Å²) in [5.41, 5.74) is 2.23. The maximum absolute atomic E-state index is 9.80. The topological polar surface area (TPSA) is 58.5 Å². The highest BCUT2D eigenvalue weighted by atomic mass is 16.5. The third kappa shape index (κ3) is 2.01. The molecule has 0 aliphatic carbocycles. The van der Waals surface area contributed by atoms with E-state index in [0.29, 0.717) is 12.5 Å². The van der Waals surface area contributed by atoms with Gasteiger partial charge in [0.05, 0.1) is 19.4 Å². The first-order valence-electron chi connectivity index (χ1n) is 6.89. The number of hydrogen-bond donors (Lipinski definition) is 1. The minimum absolute atomic E-state index is 0.115. The first-order chi connectivity index (χ1) is 9.16. The normalized spacial score (nSPS) is 30.5. The highest BCUT2D eigenvalue weighted by molar-refractivity contribution is 5.49. The second-order valence-corrected chi connectivity index (χ2v) is 5.92. The van der Waals surface area contributed by atoms with E-state index in [1.807, 2.05) is 0 Å². The first kappa shape index (κ1) is 12.8. The minimum atomic E-state index is -0.115. The molecule has 2 aliphatic heterocycles. The summed E-state index contributed by atoms with van der Waals surface area (Å²) in [6, 6.07) is 0. The molecular formula is C14H21N3O2. The lowest BCUT2D eigenvalue weighted by Gasteiger charge is -2.36. The Hall–Kier alpha value is -1.20. The van der Waals surface area contributed by atoms with Crippen molar-refractivity contribution in [1.82, 2.24) is 10.2 Å². The number of anilines is 1. The first-order valence-corrected chi connectivity index (χ1v) is 6.89. The number of aromatic nitrogens is 2. The fourth-order valence-corrected chi connectivity index (χ4v) is 3.30. The SMILES string of the molecule is Cc1cnnc(N2C[C@@H]3CCOC[C@]3(CO)C2)c1C. The van der Waals surface area contributed by atoms with Gasteiger partial charge in [-0.05, 0) is 37.3 Å². The average Bonchev–Trinajstić information content (AvgIpc) is 2.81. The monoisotopic (exact) mass is 263 g/mol. The number of ether oxygens (including phenoxy) is 1. The molecule has 0 saturated carbocycles. The zero-order valence-electron chi connectivity index (χ0n) is 11.6. The number of fused-ring (bicyclic) bond motifs is 1. The van der Waals surface area contributed by atoms with Crippen LogP contribution in [0.5, 0.6) is 0 Å². The van der Waals surface area contributed by atoms with Crippen LogP contribution in [0.3, 0.4) is 0 Å². The molecule has 3 rings (SSSR count). The van der Waals surface area contributed by atoms with Gasteiger partial charge in [-0.25, -0.2) is 0 Å². The Balaban J connectivity index is 1.90. The summed E-state index contributed by atoms with van der Waals surface area (Å²) in [5, 5.41) is 18.2. The van der Waals surface area contributed by atoms with Crippen molar-refractivity contribution in [3.8, 4) is 0 Å². The summed E-state index contributed by atoms with van der Waals surface area (Å²) < 4.78 is 5.59. The Morgan fingerprint density at radius 2 is 2.37 bits per heavy atom. The summed E-state index contributed by atoms with van der Waals surface area (Å²) in [7, 11) is 0. The molecule has 5 nitrogen and oxygen atoms in total. The van der Waals surface area contributed by atoms with Crippen LogP contribution in [0, 0.1) is 25.2 Å². The molecule has 19 heavy (non-hydrogen) atoms. The Morgan fingerprint density at radius 3 is 3.11 bits per heavy atom. The predicted molar refractivity (Wildman–Crippen MR) is 72.2 cm³/mol. The quantitative estimate of drug-likeness (QED) is 0.860. The molecule has 1 aromatic heterocycles. The molecule has 0 spiro atoms. The fourth-order valence-electron chi connectivity index (χ4n) is 3.30. The van der Waals surface area contributed by atoms with Crippen molar-refractivity contribution in [2.24, 2.45) is 11.3 Å². The molecular weight excluding hydrogens is 242 g/mol. The van der Waals surface area contributed by atoms with E-state index in [2.05, 4.69) is 28.9 Å². The zero-order chi connectivity index (χ0) is 13.5. The van der Waals surface area contributed by atoms with Gasteiger partial charge in [-0.3, -0.25) is 0 Å². The third-order valence-corrected chi connectivity index (χ3v) is 4.76. The minimum Gasteiger partial charge on any atom is -0.396 e. The van der Waals surface area contributed by atoms with Gasteiger partial charge in [0.2, 0.25) is 0 Å². The van der Waals surface area contributed by atoms with Crippen molar-refractivity contribution in [1.29, 1.82) is 0 Å². The van der Waals surface area contributed by atoms with Crippen molar-refractivity contribution >= 4 is 5.82 Å². The van der Waals surface area contributed by atoms with Crippen molar-refractivity contribution < 1.29 is 9.84 Å². The lowest BCUT2D eigenvalue weighted by Crippen LogP contribution is -2.43. The summed E-state index contributed by atoms with van der Waals surface area (Å²) in [6.45, 7) is 7.55. The maximum atomic E-state index is 9.80. The standard InChI is InChI=1S/C14H21N3O2/c1-10-5-15-16-13(11(10)2)17-6-12-3-4-19-9-14(12,7-17)8-18/h5,12,18H,3-4,6-9H2,1-2H3/t12-,14+/m0/s1. The Morgan fingerprint density at radius 1 is 1.53 bits per heavy atom. The molecule has 0 aromatic carbocycles. The predicted octanol–water partition coefficient (Wildman–Crippen LogP) is 0.929. The van der Waals surface area contributed by atoms with Crippen LogP contribution in [0.15, 0.2) is 6.20 Å². The summed E-state index contributed by atoms with van der Waals surface area (Å²) in [4.78, 5) is 2.27. The van der Waals surface area contributed by atoms with Gasteiger partial charge in [0.25, 0.3) is 0 Å². The molecule has 104 valence electrons. The van der Waals surface area contributed by atoms with Gasteiger partial charge in [0.1, 0.15) is 0 Å². The largest absolute Gasteiger partial charge is 0.396 e. The van der Waals surface area contributed by atoms with Gasteiger partial charge in [0, 0.05) is 25.1 Å². The van der Waals surface area contributed by atoms with Gasteiger partial charge in [-0.2, -0.15) is 5.10 Å². The Kier molecular flexibility index (Phi) is 3.19. The van der Waals surface area contributed by atoms with Crippen molar-refractivity contribution in [3.05, 3.63) is 17.3 Å². The molecule has 1 aromatic rings. The van der Waals surface area contributed by atoms with E-state index in [1.54, 1.807) is 6.20 Å². The maximum Gasteiger partial charge on any atom is 0.154 e. The van der Waals surface area contributed by atoms with Gasteiger partial charge < -0.3 is 14.7 Å². The van der Waals surface area contributed by atoms with Crippen LogP contribution < -0.4 is 4.90 Å². The zero-order valence-corrected chi connectivity index (χ0v) is 11.6. The van der Waals surface area contributed by atoms with Crippen LogP contribution in [0.4, 0.5) is 5.82 Å². The van der Waals surface area contributed by atoms with E-state index < -0.39 is 0 Å². The number of rotatable bonds is 2. The van der Waals surface area contributed by atoms with Crippen LogP contribution >= 0.6 is 0 Å². The van der Waals surface area contributed by atoms with E-state index in [1.165, 1.54) is 5.56 Å². The van der Waals surface area contributed by atoms with E-state index >= 15 is 0 Å². The number of hydrogen-bond acceptors (Lipinski definition) is 5. The molecule has 0 unspecified atom stereocenters. The summed E-state index contributed by atoms with van der Waals surface area (Å²) >= 11 is 0. The van der Waals surface area contributed by atoms with Gasteiger partial charge in [-0.15, -0.1) is 5.10 Å². The van der Waals surface area contributed by atoms with E-state index in [-0.39, 0.29) is 12.0 Å². The fraction of sp³-hybridized carbons (Fsp3) is 0.714. The lowest BCUT2D eigenvalue weighted by molar-refractivity contribution is -0.0543. The van der Waals surface area contributed by atoms with Crippen LogP contribution in [0.2, 0.25) is 0 Å². The number of aryl methyl sites for hydroxylation is 1. The van der Waals surface area contributed by atoms with E-state index in [9.17, 15) is 5.11 Å². The van der Waals surface area contributed by atoms with Crippen LogP contribution in [-0.4, -0.2) is 48.2 Å².